The summed E-state index contributed by atoms with van der Waals surface area (Å²) in [6.45, 7) is 0. The second-order valence-corrected chi connectivity index (χ2v) is 2.66. The van der Waals surface area contributed by atoms with Gasteiger partial charge in [-0.1, -0.05) is 0 Å². The molecular weight excluding hydrogens is 191 g/mol. The zero-order valence-electron chi connectivity index (χ0n) is 6.82. The van der Waals surface area contributed by atoms with E-state index < -0.39 is 17.3 Å². The summed E-state index contributed by atoms with van der Waals surface area (Å²) in [5.41, 5.74) is 5.12. The number of hydrogen-bond acceptors (Lipinski definition) is 4. The van der Waals surface area contributed by atoms with Gasteiger partial charge < -0.3 is 15.3 Å². The fourth-order valence-corrected chi connectivity index (χ4v) is 1.13. The van der Waals surface area contributed by atoms with Crippen molar-refractivity contribution in [1.82, 2.24) is 4.98 Å². The van der Waals surface area contributed by atoms with E-state index in [1.807, 2.05) is 0 Å². The van der Waals surface area contributed by atoms with Gasteiger partial charge in [-0.25, -0.2) is 9.18 Å². The summed E-state index contributed by atoms with van der Waals surface area (Å²) in [7, 11) is 0. The van der Waals surface area contributed by atoms with Gasteiger partial charge in [-0.2, -0.15) is 4.98 Å². The molecule has 2 aromatic rings. The number of nitrogen functional groups attached to an aromatic ring is 1. The van der Waals surface area contributed by atoms with Crippen molar-refractivity contribution >= 4 is 23.1 Å². The molecule has 0 saturated carbocycles. The molecule has 0 bridgehead atoms. The second kappa shape index (κ2) is 2.69. The Labute approximate surface area is 77.0 Å². The van der Waals surface area contributed by atoms with E-state index in [9.17, 15) is 9.18 Å². The lowest BCUT2D eigenvalue weighted by atomic mass is 10.2. The maximum absolute atomic E-state index is 13.1. The van der Waals surface area contributed by atoms with Crippen molar-refractivity contribution in [3.05, 3.63) is 23.5 Å². The summed E-state index contributed by atoms with van der Waals surface area (Å²) < 4.78 is 17.9. The summed E-state index contributed by atoms with van der Waals surface area (Å²) in [5, 5.41) is 8.60. The van der Waals surface area contributed by atoms with Crippen molar-refractivity contribution in [3.63, 3.8) is 0 Å². The lowest BCUT2D eigenvalue weighted by molar-refractivity contribution is 0.0692. The first-order valence-electron chi connectivity index (χ1n) is 3.67. The minimum absolute atomic E-state index is 0.123. The number of hydrogen-bond donors (Lipinski definition) is 2. The average Bonchev–Trinajstić information content (AvgIpc) is 2.42. The van der Waals surface area contributed by atoms with E-state index in [4.69, 9.17) is 15.3 Å². The molecule has 0 amide bonds. The molecule has 0 aliphatic rings. The van der Waals surface area contributed by atoms with Crippen LogP contribution >= 0.6 is 0 Å². The number of nitrogens with two attached hydrogens (primary N) is 1. The highest BCUT2D eigenvalue weighted by atomic mass is 19.1. The molecule has 0 unspecified atom stereocenters. The zero-order valence-corrected chi connectivity index (χ0v) is 6.82. The molecule has 6 heteroatoms. The topological polar surface area (TPSA) is 89.3 Å². The lowest BCUT2D eigenvalue weighted by Gasteiger charge is -1.94. The first-order valence-corrected chi connectivity index (χ1v) is 3.67. The fraction of sp³-hybridized carbons (Fsp3) is 0. The Balaban J connectivity index is 2.76. The molecule has 14 heavy (non-hydrogen) atoms. The highest BCUT2D eigenvalue weighted by Gasteiger charge is 2.14. The predicted molar refractivity (Wildman–Crippen MR) is 45.3 cm³/mol. The van der Waals surface area contributed by atoms with Crippen LogP contribution in [0.3, 0.4) is 0 Å². The van der Waals surface area contributed by atoms with Crippen LogP contribution in [0.25, 0.3) is 11.1 Å². The van der Waals surface area contributed by atoms with E-state index >= 15 is 0 Å². The van der Waals surface area contributed by atoms with E-state index in [0.717, 1.165) is 12.1 Å². The smallest absolute Gasteiger partial charge is 0.338 e. The Morgan fingerprint density at radius 2 is 2.29 bits per heavy atom. The number of anilines is 1. The van der Waals surface area contributed by atoms with Crippen LogP contribution in [0.1, 0.15) is 10.4 Å². The SMILES string of the molecule is Nc1nc2cc(C(=O)O)c(F)cc2o1. The Bertz CT molecular complexity index is 521. The van der Waals surface area contributed by atoms with Crippen LogP contribution in [0.15, 0.2) is 16.5 Å². The number of aromatic carboxylic acids is 1. The molecule has 3 N–H and O–H groups in total. The van der Waals surface area contributed by atoms with Gasteiger partial charge in [0, 0.05) is 6.07 Å². The molecule has 5 nitrogen and oxygen atoms in total. The van der Waals surface area contributed by atoms with Crippen LogP contribution < -0.4 is 5.73 Å². The third-order valence-corrected chi connectivity index (χ3v) is 1.72. The molecule has 0 saturated heterocycles. The monoisotopic (exact) mass is 196 g/mol. The standard InChI is InChI=1S/C8H5FN2O3/c9-4-2-6-5(11-8(10)14-6)1-3(4)7(12)13/h1-2H,(H2,10,11)(H,12,13). The number of fused-ring (bicyclic) bond motifs is 1. The summed E-state index contributed by atoms with van der Waals surface area (Å²) >= 11 is 0. The molecule has 0 aliphatic carbocycles. The van der Waals surface area contributed by atoms with E-state index in [0.29, 0.717) is 0 Å². The van der Waals surface area contributed by atoms with Gasteiger partial charge in [-0.15, -0.1) is 0 Å². The molecule has 0 radical (unpaired) electrons. The van der Waals surface area contributed by atoms with Crippen LogP contribution in [0.5, 0.6) is 0 Å². The molecule has 0 atom stereocenters. The summed E-state index contributed by atoms with van der Waals surface area (Å²) in [6.07, 6.45) is 0. The van der Waals surface area contributed by atoms with Gasteiger partial charge in [0.05, 0.1) is 5.56 Å². The number of carbonyl (C=O) groups is 1. The summed E-state index contributed by atoms with van der Waals surface area (Å²) in [5.74, 6) is -2.23. The summed E-state index contributed by atoms with van der Waals surface area (Å²) in [6, 6.07) is 1.90. The van der Waals surface area contributed by atoms with E-state index in [2.05, 4.69) is 4.98 Å². The Morgan fingerprint density at radius 3 is 2.93 bits per heavy atom. The Kier molecular flexibility index (Phi) is 1.63. The van der Waals surface area contributed by atoms with Crippen molar-refractivity contribution in [3.8, 4) is 0 Å². The van der Waals surface area contributed by atoms with Gasteiger partial charge in [-0.3, -0.25) is 0 Å². The van der Waals surface area contributed by atoms with Crippen LogP contribution in [-0.2, 0) is 0 Å². The molecular formula is C8H5FN2O3. The minimum Gasteiger partial charge on any atom is -0.478 e. The minimum atomic E-state index is -1.36. The largest absolute Gasteiger partial charge is 0.478 e. The third kappa shape index (κ3) is 1.17. The van der Waals surface area contributed by atoms with Gasteiger partial charge in [0.25, 0.3) is 6.01 Å². The van der Waals surface area contributed by atoms with Crippen molar-refractivity contribution < 1.29 is 18.7 Å². The number of halogens is 1. The molecule has 1 aromatic carbocycles. The molecule has 72 valence electrons. The number of nitrogens with zero attached hydrogens (tertiary/aromatic N) is 1. The van der Waals surface area contributed by atoms with Crippen molar-refractivity contribution in [2.24, 2.45) is 0 Å². The zero-order chi connectivity index (χ0) is 10.3. The van der Waals surface area contributed by atoms with Gasteiger partial charge in [0.15, 0.2) is 5.58 Å². The van der Waals surface area contributed by atoms with Crippen LogP contribution in [-0.4, -0.2) is 16.1 Å². The number of carboxylic acid groups (broad SMARTS) is 1. The van der Waals surface area contributed by atoms with Gasteiger partial charge >= 0.3 is 5.97 Å². The lowest BCUT2D eigenvalue weighted by Crippen LogP contribution is -1.99. The number of oxazole rings is 1. The number of aromatic nitrogens is 1. The van der Waals surface area contributed by atoms with Gasteiger partial charge in [0.1, 0.15) is 11.3 Å². The second-order valence-electron chi connectivity index (χ2n) is 2.66. The third-order valence-electron chi connectivity index (χ3n) is 1.72. The normalized spacial score (nSPS) is 10.6. The van der Waals surface area contributed by atoms with E-state index in [1.54, 1.807) is 0 Å². The number of carboxylic acids is 1. The fourth-order valence-electron chi connectivity index (χ4n) is 1.13. The molecule has 1 aromatic heterocycles. The van der Waals surface area contributed by atoms with Crippen molar-refractivity contribution in [1.29, 1.82) is 0 Å². The Morgan fingerprint density at radius 1 is 1.57 bits per heavy atom. The number of rotatable bonds is 1. The quantitative estimate of drug-likeness (QED) is 0.716. The highest BCUT2D eigenvalue weighted by molar-refractivity contribution is 5.92. The van der Waals surface area contributed by atoms with E-state index in [-0.39, 0.29) is 17.1 Å². The predicted octanol–water partition coefficient (Wildman–Crippen LogP) is 1.25. The first-order chi connectivity index (χ1) is 6.58. The van der Waals surface area contributed by atoms with Crippen LogP contribution in [0.2, 0.25) is 0 Å². The highest BCUT2D eigenvalue weighted by Crippen LogP contribution is 2.20. The van der Waals surface area contributed by atoms with Crippen LogP contribution in [0, 0.1) is 5.82 Å². The van der Waals surface area contributed by atoms with E-state index in [1.165, 1.54) is 0 Å². The number of benzene rings is 1. The van der Waals surface area contributed by atoms with Gasteiger partial charge in [-0.05, 0) is 6.07 Å². The molecule has 2 rings (SSSR count). The van der Waals surface area contributed by atoms with Crippen molar-refractivity contribution in [2.45, 2.75) is 0 Å². The first kappa shape index (κ1) is 8.49. The van der Waals surface area contributed by atoms with Gasteiger partial charge in [0.2, 0.25) is 0 Å². The van der Waals surface area contributed by atoms with Crippen molar-refractivity contribution in [2.75, 3.05) is 5.73 Å². The maximum atomic E-state index is 13.1. The molecule has 0 spiro atoms. The maximum Gasteiger partial charge on any atom is 0.338 e. The molecule has 1 heterocycles. The molecule has 0 aliphatic heterocycles. The average molecular weight is 196 g/mol. The molecule has 0 fully saturated rings. The summed E-state index contributed by atoms with van der Waals surface area (Å²) in [4.78, 5) is 14.2. The van der Waals surface area contributed by atoms with Crippen LogP contribution in [0.4, 0.5) is 10.4 Å². The Hall–Kier alpha value is -2.11.